The van der Waals surface area contributed by atoms with Gasteiger partial charge in [0.1, 0.15) is 0 Å². The van der Waals surface area contributed by atoms with Gasteiger partial charge in [-0.05, 0) is 43.0 Å². The first-order valence-electron chi connectivity index (χ1n) is 8.71. The Morgan fingerprint density at radius 2 is 2.15 bits per heavy atom. The number of carbonyl (C=O) groups excluding carboxylic acids is 1. The molecule has 0 saturated carbocycles. The Kier molecular flexibility index (Phi) is 5.52. The van der Waals surface area contributed by atoms with Crippen molar-refractivity contribution in [3.8, 4) is 5.88 Å². The quantitative estimate of drug-likeness (QED) is 0.683. The lowest BCUT2D eigenvalue weighted by Gasteiger charge is -2.21. The highest BCUT2D eigenvalue weighted by atomic mass is 35.5. The number of halogens is 1. The summed E-state index contributed by atoms with van der Waals surface area (Å²) < 4.78 is 12.0. The van der Waals surface area contributed by atoms with Crippen LogP contribution < -0.4 is 10.1 Å². The van der Waals surface area contributed by atoms with Crippen LogP contribution in [-0.2, 0) is 4.74 Å². The lowest BCUT2D eigenvalue weighted by atomic mass is 10.0. The van der Waals surface area contributed by atoms with E-state index in [1.807, 2.05) is 12.1 Å². The number of hydrogen-bond donors (Lipinski definition) is 1. The Balaban J connectivity index is 1.36. The number of amides is 1. The average Bonchev–Trinajstić information content (AvgIpc) is 3.09. The van der Waals surface area contributed by atoms with Gasteiger partial charge in [0.2, 0.25) is 5.88 Å². The molecule has 0 radical (unpaired) electrons. The van der Waals surface area contributed by atoms with Gasteiger partial charge >= 0.3 is 0 Å². The van der Waals surface area contributed by atoms with Gasteiger partial charge in [-0.15, -0.1) is 0 Å². The summed E-state index contributed by atoms with van der Waals surface area (Å²) >= 11 is 7.36. The van der Waals surface area contributed by atoms with E-state index in [0.717, 1.165) is 36.3 Å². The van der Waals surface area contributed by atoms with E-state index >= 15 is 0 Å². The number of nitrogens with zero attached hydrogens (tertiary/aromatic N) is 2. The number of nitrogens with one attached hydrogen (secondary N) is 1. The Morgan fingerprint density at radius 3 is 2.93 bits per heavy atom. The number of fused-ring (bicyclic) bond motifs is 1. The fraction of sp³-hybridized carbons (Fsp3) is 0.316. The molecule has 1 aromatic carbocycles. The van der Waals surface area contributed by atoms with Crippen LogP contribution in [0.1, 0.15) is 23.2 Å². The normalized spacial score (nSPS) is 15.0. The SMILES string of the molecule is O=C(Nc1nc2ccc(Cl)cc2s1)c1ccc(OCC2CCOCC2)nc1. The molecule has 1 saturated heterocycles. The highest BCUT2D eigenvalue weighted by Crippen LogP contribution is 2.28. The van der Waals surface area contributed by atoms with Crippen molar-refractivity contribution >= 4 is 44.2 Å². The van der Waals surface area contributed by atoms with Gasteiger partial charge in [0, 0.05) is 30.5 Å². The first kappa shape index (κ1) is 18.2. The van der Waals surface area contributed by atoms with Gasteiger partial charge in [-0.3, -0.25) is 10.1 Å². The minimum absolute atomic E-state index is 0.261. The molecule has 6 nitrogen and oxygen atoms in total. The maximum Gasteiger partial charge on any atom is 0.259 e. The van der Waals surface area contributed by atoms with E-state index in [1.54, 1.807) is 18.2 Å². The third-order valence-electron chi connectivity index (χ3n) is 4.38. The second-order valence-electron chi connectivity index (χ2n) is 6.34. The van der Waals surface area contributed by atoms with Crippen LogP contribution in [0.3, 0.4) is 0 Å². The van der Waals surface area contributed by atoms with E-state index in [4.69, 9.17) is 21.1 Å². The molecule has 3 heterocycles. The first-order chi connectivity index (χ1) is 13.2. The summed E-state index contributed by atoms with van der Waals surface area (Å²) in [5, 5.41) is 3.97. The molecule has 3 aromatic rings. The van der Waals surface area contributed by atoms with Crippen molar-refractivity contribution in [1.29, 1.82) is 0 Å². The topological polar surface area (TPSA) is 73.3 Å². The van der Waals surface area contributed by atoms with Gasteiger partial charge < -0.3 is 9.47 Å². The highest BCUT2D eigenvalue weighted by molar-refractivity contribution is 7.22. The van der Waals surface area contributed by atoms with Crippen molar-refractivity contribution in [3.63, 3.8) is 0 Å². The van der Waals surface area contributed by atoms with Crippen LogP contribution in [0.25, 0.3) is 10.2 Å². The van der Waals surface area contributed by atoms with E-state index in [2.05, 4.69) is 15.3 Å². The third kappa shape index (κ3) is 4.55. The summed E-state index contributed by atoms with van der Waals surface area (Å²) in [7, 11) is 0. The van der Waals surface area contributed by atoms with Crippen LogP contribution in [0.5, 0.6) is 5.88 Å². The first-order valence-corrected chi connectivity index (χ1v) is 9.91. The Hall–Kier alpha value is -2.22. The molecule has 1 aliphatic heterocycles. The Morgan fingerprint density at radius 1 is 1.30 bits per heavy atom. The van der Waals surface area contributed by atoms with Gasteiger partial charge in [-0.2, -0.15) is 0 Å². The van der Waals surface area contributed by atoms with Gasteiger partial charge in [0.15, 0.2) is 5.13 Å². The zero-order valence-electron chi connectivity index (χ0n) is 14.5. The number of pyridine rings is 1. The average molecular weight is 404 g/mol. The summed E-state index contributed by atoms with van der Waals surface area (Å²) in [6.45, 7) is 2.20. The van der Waals surface area contributed by atoms with Crippen LogP contribution in [0.4, 0.5) is 5.13 Å². The zero-order chi connectivity index (χ0) is 18.6. The number of benzene rings is 1. The summed E-state index contributed by atoms with van der Waals surface area (Å²) in [4.78, 5) is 21.0. The zero-order valence-corrected chi connectivity index (χ0v) is 16.1. The Labute approximate surface area is 165 Å². The molecule has 0 unspecified atom stereocenters. The molecule has 1 N–H and O–H groups in total. The molecule has 0 spiro atoms. The molecule has 4 rings (SSSR count). The van der Waals surface area contributed by atoms with Crippen LogP contribution in [-0.4, -0.2) is 35.7 Å². The molecule has 8 heteroatoms. The van der Waals surface area contributed by atoms with Crippen LogP contribution >= 0.6 is 22.9 Å². The molecule has 1 fully saturated rings. The Bertz CT molecular complexity index is 939. The van der Waals surface area contributed by atoms with Crippen molar-refractivity contribution in [2.45, 2.75) is 12.8 Å². The molecular weight excluding hydrogens is 386 g/mol. The minimum atomic E-state index is -0.261. The summed E-state index contributed by atoms with van der Waals surface area (Å²) in [5.41, 5.74) is 1.25. The molecule has 0 aliphatic carbocycles. The van der Waals surface area contributed by atoms with E-state index in [0.29, 0.717) is 34.1 Å². The van der Waals surface area contributed by atoms with E-state index in [-0.39, 0.29) is 5.91 Å². The maximum atomic E-state index is 12.4. The number of aromatic nitrogens is 2. The van der Waals surface area contributed by atoms with Gasteiger partial charge in [0.25, 0.3) is 5.91 Å². The monoisotopic (exact) mass is 403 g/mol. The molecule has 2 aromatic heterocycles. The fourth-order valence-electron chi connectivity index (χ4n) is 2.84. The van der Waals surface area contributed by atoms with Crippen molar-refractivity contribution in [2.24, 2.45) is 5.92 Å². The number of rotatable bonds is 5. The highest BCUT2D eigenvalue weighted by Gasteiger charge is 2.15. The molecule has 0 atom stereocenters. The molecule has 1 amide bonds. The van der Waals surface area contributed by atoms with Gasteiger partial charge in [-0.1, -0.05) is 22.9 Å². The van der Waals surface area contributed by atoms with Gasteiger partial charge in [-0.25, -0.2) is 9.97 Å². The predicted molar refractivity (Wildman–Crippen MR) is 106 cm³/mol. The summed E-state index contributed by atoms with van der Waals surface area (Å²) in [6, 6.07) is 8.85. The van der Waals surface area contributed by atoms with Crippen LogP contribution in [0.15, 0.2) is 36.5 Å². The molecule has 27 heavy (non-hydrogen) atoms. The van der Waals surface area contributed by atoms with Crippen molar-refractivity contribution < 1.29 is 14.3 Å². The van der Waals surface area contributed by atoms with E-state index in [9.17, 15) is 4.79 Å². The molecule has 1 aliphatic rings. The standard InChI is InChI=1S/C19H18ClN3O3S/c20-14-2-3-15-16(9-14)27-19(22-15)23-18(24)13-1-4-17(21-10-13)26-11-12-5-7-25-8-6-12/h1-4,9-10,12H,5-8,11H2,(H,22,23,24). The summed E-state index contributed by atoms with van der Waals surface area (Å²) in [5.74, 6) is 0.757. The number of anilines is 1. The number of hydrogen-bond acceptors (Lipinski definition) is 6. The van der Waals surface area contributed by atoms with Crippen molar-refractivity contribution in [3.05, 3.63) is 47.1 Å². The summed E-state index contributed by atoms with van der Waals surface area (Å²) in [6.07, 6.45) is 3.53. The van der Waals surface area contributed by atoms with Crippen LogP contribution in [0.2, 0.25) is 5.02 Å². The molecule has 0 bridgehead atoms. The number of thiazole rings is 1. The predicted octanol–water partition coefficient (Wildman–Crippen LogP) is 4.40. The smallest absolute Gasteiger partial charge is 0.259 e. The van der Waals surface area contributed by atoms with Crippen molar-refractivity contribution in [2.75, 3.05) is 25.1 Å². The fourth-order valence-corrected chi connectivity index (χ4v) is 3.97. The van der Waals surface area contributed by atoms with E-state index < -0.39 is 0 Å². The second-order valence-corrected chi connectivity index (χ2v) is 7.80. The second kappa shape index (κ2) is 8.21. The lowest BCUT2D eigenvalue weighted by molar-refractivity contribution is 0.0490. The minimum Gasteiger partial charge on any atom is -0.477 e. The molecule has 140 valence electrons. The lowest BCUT2D eigenvalue weighted by Crippen LogP contribution is -2.21. The largest absolute Gasteiger partial charge is 0.477 e. The maximum absolute atomic E-state index is 12.4. The number of ether oxygens (including phenoxy) is 2. The third-order valence-corrected chi connectivity index (χ3v) is 5.55. The van der Waals surface area contributed by atoms with Gasteiger partial charge in [0.05, 0.1) is 22.4 Å². The van der Waals surface area contributed by atoms with Crippen molar-refractivity contribution in [1.82, 2.24) is 9.97 Å². The molecular formula is C19H18ClN3O3S. The van der Waals surface area contributed by atoms with E-state index in [1.165, 1.54) is 17.5 Å². The number of carbonyl (C=O) groups is 1. The van der Waals surface area contributed by atoms with Crippen LogP contribution in [0, 0.1) is 5.92 Å².